The van der Waals surface area contributed by atoms with Crippen molar-refractivity contribution >= 4 is 5.69 Å². The second kappa shape index (κ2) is 6.14. The molecule has 0 N–H and O–H groups in total. The van der Waals surface area contributed by atoms with Gasteiger partial charge in [-0.3, -0.25) is 0 Å². The molecule has 1 rings (SSSR count). The molecule has 0 radical (unpaired) electrons. The summed E-state index contributed by atoms with van der Waals surface area (Å²) in [5.41, 5.74) is 2.85. The number of hydrogen-bond donors (Lipinski definition) is 0. The Balaban J connectivity index is 2.77. The number of benzene rings is 1. The second-order valence-electron chi connectivity index (χ2n) is 3.75. The third-order valence-corrected chi connectivity index (χ3v) is 2.46. The van der Waals surface area contributed by atoms with Gasteiger partial charge in [-0.25, -0.2) is 0 Å². The Labute approximate surface area is 97.3 Å². The van der Waals surface area contributed by atoms with Crippen LogP contribution in [0.4, 0.5) is 5.69 Å². The smallest absolute Gasteiger partial charge is 0.101 e. The van der Waals surface area contributed by atoms with Gasteiger partial charge in [0.25, 0.3) is 0 Å². The van der Waals surface area contributed by atoms with Gasteiger partial charge in [-0.05, 0) is 31.5 Å². The first-order chi connectivity index (χ1) is 7.69. The maximum atomic E-state index is 9.02. The van der Waals surface area contributed by atoms with E-state index < -0.39 is 0 Å². The van der Waals surface area contributed by atoms with Gasteiger partial charge in [-0.15, -0.1) is 0 Å². The highest BCUT2D eigenvalue weighted by atomic mass is 16.5. The largest absolute Gasteiger partial charge is 0.380 e. The predicted molar refractivity (Wildman–Crippen MR) is 65.7 cm³/mol. The topological polar surface area (TPSA) is 36.3 Å². The minimum atomic E-state index is 0.686. The van der Waals surface area contributed by atoms with Gasteiger partial charge in [0.15, 0.2) is 0 Å². The van der Waals surface area contributed by atoms with Gasteiger partial charge in [0.2, 0.25) is 0 Å². The number of ether oxygens (including phenoxy) is 1. The highest BCUT2D eigenvalue weighted by molar-refractivity contribution is 5.60. The van der Waals surface area contributed by atoms with E-state index in [1.807, 2.05) is 39.1 Å². The van der Waals surface area contributed by atoms with Crippen molar-refractivity contribution in [3.8, 4) is 6.07 Å². The van der Waals surface area contributed by atoms with E-state index in [4.69, 9.17) is 10.00 Å². The number of anilines is 1. The summed E-state index contributed by atoms with van der Waals surface area (Å²) in [4.78, 5) is 2.06. The van der Waals surface area contributed by atoms with Crippen molar-refractivity contribution in [1.29, 1.82) is 5.26 Å². The van der Waals surface area contributed by atoms with Crippen LogP contribution in [0.5, 0.6) is 0 Å². The van der Waals surface area contributed by atoms with E-state index in [1.54, 1.807) is 0 Å². The standard InChI is InChI=1S/C13H18N2O/c1-4-16-8-7-15(3)13-9-11(2)5-6-12(13)10-14/h5-6,9H,4,7-8H2,1-3H3. The molecule has 1 aromatic rings. The summed E-state index contributed by atoms with van der Waals surface area (Å²) in [7, 11) is 1.98. The quantitative estimate of drug-likeness (QED) is 0.712. The van der Waals surface area contributed by atoms with Crippen LogP contribution in [0, 0.1) is 18.3 Å². The SMILES string of the molecule is CCOCCN(C)c1cc(C)ccc1C#N. The van der Waals surface area contributed by atoms with Gasteiger partial charge in [-0.1, -0.05) is 6.07 Å². The van der Waals surface area contributed by atoms with Gasteiger partial charge in [0.05, 0.1) is 17.9 Å². The lowest BCUT2D eigenvalue weighted by Crippen LogP contribution is -2.23. The molecule has 0 spiro atoms. The van der Waals surface area contributed by atoms with Crippen LogP contribution in [0.1, 0.15) is 18.1 Å². The van der Waals surface area contributed by atoms with E-state index in [0.29, 0.717) is 12.2 Å². The number of hydrogen-bond acceptors (Lipinski definition) is 3. The zero-order valence-electron chi connectivity index (χ0n) is 10.2. The van der Waals surface area contributed by atoms with Gasteiger partial charge in [0, 0.05) is 20.2 Å². The summed E-state index contributed by atoms with van der Waals surface area (Å²) < 4.78 is 5.30. The summed E-state index contributed by atoms with van der Waals surface area (Å²) in [5, 5.41) is 9.02. The fourth-order valence-electron chi connectivity index (χ4n) is 1.52. The van der Waals surface area contributed by atoms with E-state index in [2.05, 4.69) is 11.0 Å². The average molecular weight is 218 g/mol. The minimum Gasteiger partial charge on any atom is -0.380 e. The predicted octanol–water partition coefficient (Wildman–Crippen LogP) is 2.34. The maximum absolute atomic E-state index is 9.02. The number of nitrogens with zero attached hydrogens (tertiary/aromatic N) is 2. The Morgan fingerprint density at radius 2 is 2.19 bits per heavy atom. The molecule has 0 saturated heterocycles. The first kappa shape index (κ1) is 12.5. The number of likely N-dealkylation sites (N-methyl/N-ethyl adjacent to an activating group) is 1. The van der Waals surface area contributed by atoms with Gasteiger partial charge in [-0.2, -0.15) is 5.26 Å². The Bertz CT molecular complexity index is 382. The summed E-state index contributed by atoms with van der Waals surface area (Å²) in [6.07, 6.45) is 0. The highest BCUT2D eigenvalue weighted by Gasteiger charge is 2.07. The molecule has 1 aromatic carbocycles. The first-order valence-electron chi connectivity index (χ1n) is 5.48. The summed E-state index contributed by atoms with van der Waals surface area (Å²) in [6.45, 7) is 6.22. The molecule has 0 fully saturated rings. The molecule has 0 atom stereocenters. The van der Waals surface area contributed by atoms with Gasteiger partial charge in [0.1, 0.15) is 6.07 Å². The van der Waals surface area contributed by atoms with Gasteiger partial charge >= 0.3 is 0 Å². The number of nitriles is 1. The van der Waals surface area contributed by atoms with Crippen molar-refractivity contribution in [2.24, 2.45) is 0 Å². The molecule has 3 nitrogen and oxygen atoms in total. The number of rotatable bonds is 5. The molecular formula is C13H18N2O. The van der Waals surface area contributed by atoms with Crippen molar-refractivity contribution in [3.63, 3.8) is 0 Å². The van der Waals surface area contributed by atoms with Crippen LogP contribution in [-0.2, 0) is 4.74 Å². The van der Waals surface area contributed by atoms with Crippen LogP contribution < -0.4 is 4.90 Å². The van der Waals surface area contributed by atoms with Crippen LogP contribution in [-0.4, -0.2) is 26.8 Å². The molecule has 0 aromatic heterocycles. The van der Waals surface area contributed by atoms with E-state index >= 15 is 0 Å². The third-order valence-electron chi connectivity index (χ3n) is 2.46. The van der Waals surface area contributed by atoms with Crippen molar-refractivity contribution in [2.45, 2.75) is 13.8 Å². The molecule has 0 heterocycles. The first-order valence-corrected chi connectivity index (χ1v) is 5.48. The molecular weight excluding hydrogens is 200 g/mol. The van der Waals surface area contributed by atoms with Crippen LogP contribution in [0.3, 0.4) is 0 Å². The zero-order chi connectivity index (χ0) is 12.0. The molecule has 0 aliphatic heterocycles. The summed E-state index contributed by atoms with van der Waals surface area (Å²) >= 11 is 0. The maximum Gasteiger partial charge on any atom is 0.101 e. The lowest BCUT2D eigenvalue weighted by Gasteiger charge is -2.20. The molecule has 3 heteroatoms. The Kier molecular flexibility index (Phi) is 4.81. The van der Waals surface area contributed by atoms with E-state index in [9.17, 15) is 0 Å². The monoisotopic (exact) mass is 218 g/mol. The van der Waals surface area contributed by atoms with Crippen molar-refractivity contribution < 1.29 is 4.74 Å². The lowest BCUT2D eigenvalue weighted by atomic mass is 10.1. The highest BCUT2D eigenvalue weighted by Crippen LogP contribution is 2.20. The fraction of sp³-hybridized carbons (Fsp3) is 0.462. The lowest BCUT2D eigenvalue weighted by molar-refractivity contribution is 0.154. The van der Waals surface area contributed by atoms with Crippen molar-refractivity contribution in [3.05, 3.63) is 29.3 Å². The minimum absolute atomic E-state index is 0.686. The summed E-state index contributed by atoms with van der Waals surface area (Å²) in [6, 6.07) is 8.06. The molecule has 0 saturated carbocycles. The fourth-order valence-corrected chi connectivity index (χ4v) is 1.52. The Morgan fingerprint density at radius 3 is 2.81 bits per heavy atom. The van der Waals surface area contributed by atoms with Crippen molar-refractivity contribution in [2.75, 3.05) is 31.7 Å². The van der Waals surface area contributed by atoms with E-state index in [0.717, 1.165) is 24.4 Å². The van der Waals surface area contributed by atoms with Crippen LogP contribution in [0.15, 0.2) is 18.2 Å². The van der Waals surface area contributed by atoms with E-state index in [-0.39, 0.29) is 0 Å². The van der Waals surface area contributed by atoms with Crippen molar-refractivity contribution in [1.82, 2.24) is 0 Å². The van der Waals surface area contributed by atoms with Crippen LogP contribution in [0.25, 0.3) is 0 Å². The summed E-state index contributed by atoms with van der Waals surface area (Å²) in [5.74, 6) is 0. The van der Waals surface area contributed by atoms with Crippen LogP contribution in [0.2, 0.25) is 0 Å². The third kappa shape index (κ3) is 3.25. The molecule has 0 bridgehead atoms. The number of aryl methyl sites for hydroxylation is 1. The molecule has 0 unspecified atom stereocenters. The molecule has 0 aliphatic carbocycles. The molecule has 16 heavy (non-hydrogen) atoms. The molecule has 0 aliphatic rings. The van der Waals surface area contributed by atoms with Gasteiger partial charge < -0.3 is 9.64 Å². The molecule has 86 valence electrons. The normalized spacial score (nSPS) is 9.88. The zero-order valence-corrected chi connectivity index (χ0v) is 10.2. The Hall–Kier alpha value is -1.53. The van der Waals surface area contributed by atoms with Crippen LogP contribution >= 0.6 is 0 Å². The van der Waals surface area contributed by atoms with E-state index in [1.165, 1.54) is 0 Å². The average Bonchev–Trinajstić information content (AvgIpc) is 2.29. The molecule has 0 amide bonds. The Morgan fingerprint density at radius 1 is 1.44 bits per heavy atom. The second-order valence-corrected chi connectivity index (χ2v) is 3.75.